The Hall–Kier alpha value is -1.13. The Labute approximate surface area is 67.8 Å². The van der Waals surface area contributed by atoms with E-state index in [-0.39, 0.29) is 0 Å². The summed E-state index contributed by atoms with van der Waals surface area (Å²) in [5.41, 5.74) is 3.37. The number of aromatic nitrogens is 1. The van der Waals surface area contributed by atoms with Crippen molar-refractivity contribution in [3.05, 3.63) is 24.3 Å². The van der Waals surface area contributed by atoms with Gasteiger partial charge in [0, 0.05) is 6.07 Å². The van der Waals surface area contributed by atoms with E-state index >= 15 is 0 Å². The number of nitrogens with zero attached hydrogens (tertiary/aromatic N) is 1. The van der Waals surface area contributed by atoms with Gasteiger partial charge in [-0.1, -0.05) is 23.5 Å². The molecule has 0 saturated carbocycles. The van der Waals surface area contributed by atoms with Gasteiger partial charge in [-0.05, 0) is 6.07 Å². The van der Waals surface area contributed by atoms with Crippen LogP contribution in [0.5, 0.6) is 0 Å². The number of rotatable bonds is 1. The second-order valence-corrected chi connectivity index (χ2v) is 3.08. The van der Waals surface area contributed by atoms with Crippen LogP contribution in [-0.2, 0) is 0 Å². The second kappa shape index (κ2) is 2.48. The van der Waals surface area contributed by atoms with E-state index in [9.17, 15) is 0 Å². The Morgan fingerprint density at radius 2 is 2.55 bits per heavy atom. The number of nitrogen functional groups attached to an aromatic ring is 1. The van der Waals surface area contributed by atoms with Crippen LogP contribution < -0.4 is 11.3 Å². The highest BCUT2D eigenvalue weighted by molar-refractivity contribution is 7.22. The largest absolute Gasteiger partial charge is 0.300 e. The lowest BCUT2D eigenvalue weighted by Gasteiger charge is -1.84. The lowest BCUT2D eigenvalue weighted by Crippen LogP contribution is -2.05. The first-order valence-electron chi connectivity index (χ1n) is 3.14. The standard InChI is InChI=1S/C7H6N3S/c8-10-7-9-5-3-1-2-4-6(5)11-7/h1-2,4H,8H2,(H,9,10). The molecule has 0 fully saturated rings. The summed E-state index contributed by atoms with van der Waals surface area (Å²) in [5.74, 6) is 5.20. The molecule has 1 radical (unpaired) electrons. The van der Waals surface area contributed by atoms with E-state index in [0.717, 1.165) is 15.3 Å². The van der Waals surface area contributed by atoms with Crippen molar-refractivity contribution in [2.24, 2.45) is 5.84 Å². The lowest BCUT2D eigenvalue weighted by atomic mass is 10.3. The molecule has 1 aromatic heterocycles. The Morgan fingerprint density at radius 1 is 1.64 bits per heavy atom. The third-order valence-electron chi connectivity index (χ3n) is 1.34. The molecule has 0 bridgehead atoms. The summed E-state index contributed by atoms with van der Waals surface area (Å²) in [6.07, 6.45) is 0. The van der Waals surface area contributed by atoms with Gasteiger partial charge in [0.2, 0.25) is 0 Å². The summed E-state index contributed by atoms with van der Waals surface area (Å²) in [7, 11) is 0. The highest BCUT2D eigenvalue weighted by Crippen LogP contribution is 2.23. The lowest BCUT2D eigenvalue weighted by molar-refractivity contribution is 1.31. The number of para-hydroxylation sites is 1. The van der Waals surface area contributed by atoms with Crippen molar-refractivity contribution in [1.82, 2.24) is 4.98 Å². The van der Waals surface area contributed by atoms with Gasteiger partial charge >= 0.3 is 0 Å². The molecule has 0 spiro atoms. The number of thiazole rings is 1. The highest BCUT2D eigenvalue weighted by Gasteiger charge is 1.99. The maximum atomic E-state index is 5.20. The Bertz CT molecular complexity index is 335. The molecule has 1 heterocycles. The van der Waals surface area contributed by atoms with Crippen LogP contribution in [0.1, 0.15) is 0 Å². The molecule has 4 heteroatoms. The van der Waals surface area contributed by atoms with Gasteiger partial charge in [0.25, 0.3) is 0 Å². The zero-order chi connectivity index (χ0) is 7.68. The molecule has 0 atom stereocenters. The SMILES string of the molecule is NNc1nc2[c]cccc2s1. The van der Waals surface area contributed by atoms with Gasteiger partial charge in [-0.3, -0.25) is 5.43 Å². The summed E-state index contributed by atoms with van der Waals surface area (Å²) in [6, 6.07) is 8.77. The first-order chi connectivity index (χ1) is 5.40. The van der Waals surface area contributed by atoms with Crippen LogP contribution in [0.2, 0.25) is 0 Å². The van der Waals surface area contributed by atoms with Crippen LogP contribution in [0.3, 0.4) is 0 Å². The van der Waals surface area contributed by atoms with Gasteiger partial charge in [-0.15, -0.1) is 0 Å². The van der Waals surface area contributed by atoms with Gasteiger partial charge in [0.1, 0.15) is 0 Å². The van der Waals surface area contributed by atoms with Crippen LogP contribution in [0, 0.1) is 6.07 Å². The van der Waals surface area contributed by atoms with Crippen LogP contribution in [-0.4, -0.2) is 4.98 Å². The molecule has 0 amide bonds. The molecule has 0 aliphatic heterocycles. The number of hydrogen-bond donors (Lipinski definition) is 2. The summed E-state index contributed by atoms with van der Waals surface area (Å²) in [5, 5.41) is 0.724. The first kappa shape index (κ1) is 6.57. The molecule has 3 N–H and O–H groups in total. The van der Waals surface area contributed by atoms with Gasteiger partial charge in [0.15, 0.2) is 5.13 Å². The van der Waals surface area contributed by atoms with Gasteiger partial charge in [0.05, 0.1) is 10.2 Å². The predicted molar refractivity (Wildman–Crippen MR) is 46.3 cm³/mol. The third-order valence-corrected chi connectivity index (χ3v) is 2.29. The maximum Gasteiger partial charge on any atom is 0.198 e. The predicted octanol–water partition coefficient (Wildman–Crippen LogP) is 1.38. The van der Waals surface area contributed by atoms with Crippen molar-refractivity contribution in [2.45, 2.75) is 0 Å². The normalized spacial score (nSPS) is 10.3. The molecule has 2 rings (SSSR count). The average Bonchev–Trinajstić information content (AvgIpc) is 2.46. The number of hydrazine groups is 1. The zero-order valence-electron chi connectivity index (χ0n) is 5.66. The van der Waals surface area contributed by atoms with E-state index in [1.54, 1.807) is 0 Å². The van der Waals surface area contributed by atoms with Crippen molar-refractivity contribution < 1.29 is 0 Å². The van der Waals surface area contributed by atoms with Gasteiger partial charge in [-0.25, -0.2) is 10.8 Å². The smallest absolute Gasteiger partial charge is 0.198 e. The minimum atomic E-state index is 0.724. The van der Waals surface area contributed by atoms with E-state index in [2.05, 4.69) is 16.5 Å². The van der Waals surface area contributed by atoms with Crippen molar-refractivity contribution in [3.63, 3.8) is 0 Å². The second-order valence-electron chi connectivity index (χ2n) is 2.05. The topological polar surface area (TPSA) is 50.9 Å². The quantitative estimate of drug-likeness (QED) is 0.494. The molecular weight excluding hydrogens is 158 g/mol. The van der Waals surface area contributed by atoms with Gasteiger partial charge < -0.3 is 0 Å². The molecule has 0 aliphatic carbocycles. The minimum absolute atomic E-state index is 0.724. The van der Waals surface area contributed by atoms with E-state index in [1.165, 1.54) is 11.3 Å². The Kier molecular flexibility index (Phi) is 1.48. The molecule has 3 nitrogen and oxygen atoms in total. The molecule has 11 heavy (non-hydrogen) atoms. The van der Waals surface area contributed by atoms with Gasteiger partial charge in [-0.2, -0.15) is 0 Å². The minimum Gasteiger partial charge on any atom is -0.300 e. The summed E-state index contributed by atoms with van der Waals surface area (Å²) in [6.45, 7) is 0. The molecule has 2 aromatic rings. The van der Waals surface area contributed by atoms with Crippen molar-refractivity contribution >= 4 is 26.7 Å². The van der Waals surface area contributed by atoms with Crippen LogP contribution >= 0.6 is 11.3 Å². The summed E-state index contributed by atoms with van der Waals surface area (Å²) >= 11 is 1.52. The fraction of sp³-hybridized carbons (Fsp3) is 0. The molecule has 0 aliphatic rings. The number of hydrogen-bond acceptors (Lipinski definition) is 4. The number of benzene rings is 1. The maximum absolute atomic E-state index is 5.20. The summed E-state index contributed by atoms with van der Waals surface area (Å²) in [4.78, 5) is 4.16. The van der Waals surface area contributed by atoms with Crippen molar-refractivity contribution in [1.29, 1.82) is 0 Å². The van der Waals surface area contributed by atoms with E-state index < -0.39 is 0 Å². The number of anilines is 1. The summed E-state index contributed by atoms with van der Waals surface area (Å²) < 4.78 is 1.10. The Balaban J connectivity index is 2.69. The highest BCUT2D eigenvalue weighted by atomic mass is 32.1. The van der Waals surface area contributed by atoms with Crippen LogP contribution in [0.15, 0.2) is 18.2 Å². The zero-order valence-corrected chi connectivity index (χ0v) is 6.48. The average molecular weight is 164 g/mol. The fourth-order valence-corrected chi connectivity index (χ4v) is 1.62. The third kappa shape index (κ3) is 1.06. The molecule has 55 valence electrons. The first-order valence-corrected chi connectivity index (χ1v) is 3.95. The number of nitrogens with one attached hydrogen (secondary N) is 1. The van der Waals surface area contributed by atoms with Crippen molar-refractivity contribution in [2.75, 3.05) is 5.43 Å². The van der Waals surface area contributed by atoms with E-state index in [1.807, 2.05) is 18.2 Å². The van der Waals surface area contributed by atoms with Crippen LogP contribution in [0.4, 0.5) is 5.13 Å². The number of fused-ring (bicyclic) bond motifs is 1. The number of nitrogens with two attached hydrogens (primary N) is 1. The van der Waals surface area contributed by atoms with Crippen molar-refractivity contribution in [3.8, 4) is 0 Å². The molecule has 0 unspecified atom stereocenters. The molecule has 0 saturated heterocycles. The Morgan fingerprint density at radius 3 is 3.27 bits per heavy atom. The van der Waals surface area contributed by atoms with E-state index in [4.69, 9.17) is 5.84 Å². The molecule has 1 aromatic carbocycles. The molecular formula is C7H6N3S. The van der Waals surface area contributed by atoms with Crippen LogP contribution in [0.25, 0.3) is 10.2 Å². The fourth-order valence-electron chi connectivity index (χ4n) is 0.873. The van der Waals surface area contributed by atoms with E-state index in [0.29, 0.717) is 0 Å². The monoisotopic (exact) mass is 164 g/mol.